The summed E-state index contributed by atoms with van der Waals surface area (Å²) in [7, 11) is 1.69. The van der Waals surface area contributed by atoms with Crippen molar-refractivity contribution in [2.45, 2.75) is 44.1 Å². The Morgan fingerprint density at radius 1 is 1.00 bits per heavy atom. The minimum Gasteiger partial charge on any atom is -0.496 e. The average molecular weight is 361 g/mol. The highest BCUT2D eigenvalue weighted by atomic mass is 16.5. The van der Waals surface area contributed by atoms with Gasteiger partial charge in [-0.1, -0.05) is 30.3 Å². The monoisotopic (exact) mass is 361 g/mol. The van der Waals surface area contributed by atoms with Crippen molar-refractivity contribution in [3.05, 3.63) is 48.0 Å². The van der Waals surface area contributed by atoms with Crippen LogP contribution in [-0.4, -0.2) is 18.6 Å². The van der Waals surface area contributed by atoms with Crippen molar-refractivity contribution in [1.82, 2.24) is 5.32 Å². The van der Waals surface area contributed by atoms with Gasteiger partial charge in [0, 0.05) is 17.0 Å². The number of carbonyl (C=O) groups is 1. The molecule has 0 unspecified atom stereocenters. The Morgan fingerprint density at radius 3 is 2.26 bits per heavy atom. The Hall–Kier alpha value is -2.29. The van der Waals surface area contributed by atoms with E-state index in [2.05, 4.69) is 17.4 Å². The topological polar surface area (TPSA) is 38.3 Å². The maximum Gasteiger partial charge on any atom is 0.244 e. The molecular weight excluding hydrogens is 334 g/mol. The third-order valence-electron chi connectivity index (χ3n) is 6.98. The van der Waals surface area contributed by atoms with Crippen LogP contribution in [0.4, 0.5) is 0 Å². The highest BCUT2D eigenvalue weighted by molar-refractivity contribution is 5.99. The summed E-state index contributed by atoms with van der Waals surface area (Å²) in [6.07, 6.45) is 11.4. The summed E-state index contributed by atoms with van der Waals surface area (Å²) in [5.74, 6) is 3.43. The van der Waals surface area contributed by atoms with E-state index in [-0.39, 0.29) is 11.4 Å². The zero-order chi connectivity index (χ0) is 18.4. The number of fused-ring (bicyclic) bond motifs is 1. The van der Waals surface area contributed by atoms with Crippen LogP contribution in [-0.2, 0) is 4.79 Å². The molecule has 0 atom stereocenters. The number of ether oxygens (including phenoxy) is 1. The molecule has 0 aromatic heterocycles. The summed E-state index contributed by atoms with van der Waals surface area (Å²) in [6, 6.07) is 12.2. The van der Waals surface area contributed by atoms with Gasteiger partial charge in [-0.25, -0.2) is 0 Å². The second kappa shape index (κ2) is 6.40. The molecule has 6 rings (SSSR count). The first-order valence-electron chi connectivity index (χ1n) is 10.2. The molecule has 2 aromatic rings. The summed E-state index contributed by atoms with van der Waals surface area (Å²) in [5.41, 5.74) is 1.12. The molecule has 27 heavy (non-hydrogen) atoms. The van der Waals surface area contributed by atoms with Gasteiger partial charge in [-0.05, 0) is 79.4 Å². The van der Waals surface area contributed by atoms with E-state index in [1.54, 1.807) is 13.2 Å². The van der Waals surface area contributed by atoms with Crippen LogP contribution >= 0.6 is 0 Å². The van der Waals surface area contributed by atoms with Crippen molar-refractivity contribution in [2.75, 3.05) is 7.11 Å². The molecule has 0 heterocycles. The van der Waals surface area contributed by atoms with Gasteiger partial charge in [0.1, 0.15) is 5.75 Å². The first kappa shape index (κ1) is 16.9. The molecule has 1 amide bonds. The lowest BCUT2D eigenvalue weighted by Crippen LogP contribution is -2.59. The Balaban J connectivity index is 1.36. The molecule has 4 aliphatic rings. The van der Waals surface area contributed by atoms with E-state index in [1.165, 1.54) is 38.5 Å². The summed E-state index contributed by atoms with van der Waals surface area (Å²) in [4.78, 5) is 12.7. The molecule has 0 radical (unpaired) electrons. The fourth-order valence-electron chi connectivity index (χ4n) is 6.35. The van der Waals surface area contributed by atoms with Gasteiger partial charge in [0.15, 0.2) is 0 Å². The molecule has 3 heteroatoms. The number of nitrogens with one attached hydrogen (secondary N) is 1. The molecular formula is C24H27NO2. The van der Waals surface area contributed by atoms with Crippen LogP contribution in [0.15, 0.2) is 42.5 Å². The second-order valence-electron chi connectivity index (χ2n) is 8.92. The molecule has 0 saturated heterocycles. The van der Waals surface area contributed by atoms with E-state index in [1.807, 2.05) is 30.3 Å². The molecule has 1 N–H and O–H groups in total. The van der Waals surface area contributed by atoms with E-state index >= 15 is 0 Å². The van der Waals surface area contributed by atoms with Crippen molar-refractivity contribution in [3.8, 4) is 5.75 Å². The Bertz CT molecular complexity index is 878. The van der Waals surface area contributed by atoms with Crippen molar-refractivity contribution in [3.63, 3.8) is 0 Å². The number of carbonyl (C=O) groups excluding carboxylic acids is 1. The standard InChI is InChI=1S/C24H27NO2/c1-27-22-8-6-19(20-4-2-3-5-21(20)22)7-9-23(26)25-24-13-16-10-17(14-24)12-18(11-16)15-24/h2-9,16-18H,10-15H2,1H3,(H,25,26). The zero-order valence-electron chi connectivity index (χ0n) is 15.9. The van der Waals surface area contributed by atoms with Gasteiger partial charge in [0.2, 0.25) is 5.91 Å². The third-order valence-corrected chi connectivity index (χ3v) is 6.98. The number of methoxy groups -OCH3 is 1. The Labute approximate surface area is 160 Å². The average Bonchev–Trinajstić information content (AvgIpc) is 2.64. The van der Waals surface area contributed by atoms with Gasteiger partial charge in [-0.2, -0.15) is 0 Å². The lowest BCUT2D eigenvalue weighted by Gasteiger charge is -2.56. The quantitative estimate of drug-likeness (QED) is 0.783. The largest absolute Gasteiger partial charge is 0.496 e. The second-order valence-corrected chi connectivity index (χ2v) is 8.92. The van der Waals surface area contributed by atoms with Gasteiger partial charge < -0.3 is 10.1 Å². The van der Waals surface area contributed by atoms with Crippen molar-refractivity contribution < 1.29 is 9.53 Å². The SMILES string of the molecule is COc1ccc(C=CC(=O)NC23CC4CC(CC(C4)C2)C3)c2ccccc12. The summed E-state index contributed by atoms with van der Waals surface area (Å²) < 4.78 is 5.46. The van der Waals surface area contributed by atoms with E-state index in [0.717, 1.165) is 39.8 Å². The molecule has 4 fully saturated rings. The van der Waals surface area contributed by atoms with Gasteiger partial charge in [0.05, 0.1) is 7.11 Å². The fraction of sp³-hybridized carbons (Fsp3) is 0.458. The first-order chi connectivity index (χ1) is 13.1. The van der Waals surface area contributed by atoms with Crippen LogP contribution in [0, 0.1) is 17.8 Å². The highest BCUT2D eigenvalue weighted by Crippen LogP contribution is 2.55. The van der Waals surface area contributed by atoms with Crippen LogP contribution in [0.25, 0.3) is 16.8 Å². The number of amides is 1. The summed E-state index contributed by atoms with van der Waals surface area (Å²) in [6.45, 7) is 0. The van der Waals surface area contributed by atoms with Crippen molar-refractivity contribution >= 4 is 22.8 Å². The van der Waals surface area contributed by atoms with E-state index in [4.69, 9.17) is 4.74 Å². The molecule has 4 bridgehead atoms. The normalized spacial score (nSPS) is 31.5. The van der Waals surface area contributed by atoms with Crippen LogP contribution in [0.3, 0.4) is 0 Å². The van der Waals surface area contributed by atoms with Crippen molar-refractivity contribution in [2.24, 2.45) is 17.8 Å². The van der Waals surface area contributed by atoms with Gasteiger partial charge in [0.25, 0.3) is 0 Å². The summed E-state index contributed by atoms with van der Waals surface area (Å²) >= 11 is 0. The van der Waals surface area contributed by atoms with Crippen LogP contribution < -0.4 is 10.1 Å². The van der Waals surface area contributed by atoms with Crippen LogP contribution in [0.1, 0.15) is 44.1 Å². The molecule has 140 valence electrons. The first-order valence-corrected chi connectivity index (χ1v) is 10.2. The number of hydrogen-bond donors (Lipinski definition) is 1. The molecule has 4 aliphatic carbocycles. The van der Waals surface area contributed by atoms with E-state index < -0.39 is 0 Å². The Morgan fingerprint density at radius 2 is 1.63 bits per heavy atom. The smallest absolute Gasteiger partial charge is 0.244 e. The maximum atomic E-state index is 12.7. The number of benzene rings is 2. The lowest BCUT2D eigenvalue weighted by atomic mass is 9.53. The van der Waals surface area contributed by atoms with E-state index in [0.29, 0.717) is 0 Å². The van der Waals surface area contributed by atoms with Gasteiger partial charge >= 0.3 is 0 Å². The lowest BCUT2D eigenvalue weighted by molar-refractivity contribution is -0.122. The molecule has 0 spiro atoms. The van der Waals surface area contributed by atoms with Crippen LogP contribution in [0.5, 0.6) is 5.75 Å². The minimum atomic E-state index is 0.0526. The maximum absolute atomic E-state index is 12.7. The Kier molecular flexibility index (Phi) is 3.99. The molecule has 2 aromatic carbocycles. The number of hydrogen-bond acceptors (Lipinski definition) is 2. The van der Waals surface area contributed by atoms with Crippen molar-refractivity contribution in [1.29, 1.82) is 0 Å². The molecule has 0 aliphatic heterocycles. The fourth-order valence-corrected chi connectivity index (χ4v) is 6.35. The third kappa shape index (κ3) is 3.03. The summed E-state index contributed by atoms with van der Waals surface area (Å²) in [5, 5.41) is 5.59. The predicted molar refractivity (Wildman–Crippen MR) is 109 cm³/mol. The minimum absolute atomic E-state index is 0.0526. The highest BCUT2D eigenvalue weighted by Gasteiger charge is 2.51. The predicted octanol–water partition coefficient (Wildman–Crippen LogP) is 4.95. The zero-order valence-corrected chi connectivity index (χ0v) is 15.9. The van der Waals surface area contributed by atoms with E-state index in [9.17, 15) is 4.79 Å². The van der Waals surface area contributed by atoms with Gasteiger partial charge in [-0.15, -0.1) is 0 Å². The number of rotatable bonds is 4. The van der Waals surface area contributed by atoms with Crippen LogP contribution in [0.2, 0.25) is 0 Å². The molecule has 3 nitrogen and oxygen atoms in total. The van der Waals surface area contributed by atoms with Gasteiger partial charge in [-0.3, -0.25) is 4.79 Å². The molecule has 4 saturated carbocycles.